The molecule has 2 heterocycles. The van der Waals surface area contributed by atoms with Crippen LogP contribution in [0.25, 0.3) is 11.0 Å². The van der Waals surface area contributed by atoms with Crippen LogP contribution in [0.1, 0.15) is 12.6 Å². The fraction of sp³-hybridized carbons (Fsp3) is 0.267. The summed E-state index contributed by atoms with van der Waals surface area (Å²) in [6, 6.07) is 6.75. The molecular weight excluding hydrogens is 332 g/mol. The summed E-state index contributed by atoms with van der Waals surface area (Å²) in [7, 11) is 0. The second-order valence-corrected chi connectivity index (χ2v) is 5.65. The summed E-state index contributed by atoms with van der Waals surface area (Å²) in [6.45, 7) is 3.92. The third-order valence-corrected chi connectivity index (χ3v) is 3.72. The van der Waals surface area contributed by atoms with E-state index in [0.717, 1.165) is 4.68 Å². The number of rotatable bonds is 4. The van der Waals surface area contributed by atoms with Gasteiger partial charge in [0.1, 0.15) is 12.1 Å². The molecule has 0 fully saturated rings. The van der Waals surface area contributed by atoms with Crippen molar-refractivity contribution in [2.75, 3.05) is 5.32 Å². The van der Waals surface area contributed by atoms with Gasteiger partial charge in [0.2, 0.25) is 5.91 Å². The Bertz CT molecular complexity index is 978. The molecule has 9 heteroatoms. The fourth-order valence-corrected chi connectivity index (χ4v) is 2.59. The lowest BCUT2D eigenvalue weighted by Gasteiger charge is -2.07. The standard InChI is InChI=1S/C15H15ClN6O2/c1-3-21-14-13(9(2)19-21)18-20-22(15(14)24)8-12(23)17-11-6-4-5-10(16)7-11/h4-7H,3,8H2,1-2H3,(H,17,23). The smallest absolute Gasteiger partial charge is 0.296 e. The number of halogens is 1. The number of aryl methyl sites for hydroxylation is 2. The number of aromatic nitrogens is 5. The van der Waals surface area contributed by atoms with Gasteiger partial charge in [0.05, 0.1) is 5.69 Å². The number of nitrogens with zero attached hydrogens (tertiary/aromatic N) is 5. The SMILES string of the molecule is CCn1nc(C)c2nnn(CC(=O)Nc3cccc(Cl)c3)c(=O)c21. The molecule has 0 spiro atoms. The zero-order chi connectivity index (χ0) is 17.3. The van der Waals surface area contributed by atoms with Crippen molar-refractivity contribution < 1.29 is 4.79 Å². The summed E-state index contributed by atoms with van der Waals surface area (Å²) in [5.41, 5.74) is 1.58. The second-order valence-electron chi connectivity index (χ2n) is 5.21. The van der Waals surface area contributed by atoms with Crippen LogP contribution in [0.15, 0.2) is 29.1 Å². The van der Waals surface area contributed by atoms with Crippen LogP contribution < -0.4 is 10.9 Å². The molecule has 0 aliphatic rings. The number of anilines is 1. The highest BCUT2D eigenvalue weighted by Crippen LogP contribution is 2.15. The molecule has 1 N–H and O–H groups in total. The number of carbonyl (C=O) groups excluding carboxylic acids is 1. The van der Waals surface area contributed by atoms with Gasteiger partial charge in [-0.3, -0.25) is 14.3 Å². The van der Waals surface area contributed by atoms with Crippen molar-refractivity contribution in [3.63, 3.8) is 0 Å². The lowest BCUT2D eigenvalue weighted by atomic mass is 10.3. The van der Waals surface area contributed by atoms with E-state index in [4.69, 9.17) is 11.6 Å². The van der Waals surface area contributed by atoms with Crippen LogP contribution in [-0.2, 0) is 17.9 Å². The van der Waals surface area contributed by atoms with Crippen LogP contribution >= 0.6 is 11.6 Å². The molecule has 0 unspecified atom stereocenters. The number of amides is 1. The van der Waals surface area contributed by atoms with E-state index in [-0.39, 0.29) is 6.54 Å². The van der Waals surface area contributed by atoms with Crippen LogP contribution in [-0.4, -0.2) is 30.7 Å². The summed E-state index contributed by atoms with van der Waals surface area (Å²) in [4.78, 5) is 24.7. The first-order valence-electron chi connectivity index (χ1n) is 7.36. The van der Waals surface area contributed by atoms with Gasteiger partial charge in [-0.1, -0.05) is 22.9 Å². The fourth-order valence-electron chi connectivity index (χ4n) is 2.40. The van der Waals surface area contributed by atoms with Crippen molar-refractivity contribution in [3.05, 3.63) is 45.3 Å². The number of carbonyl (C=O) groups is 1. The average molecular weight is 347 g/mol. The predicted octanol–water partition coefficient (Wildman–Crippen LogP) is 1.61. The highest BCUT2D eigenvalue weighted by molar-refractivity contribution is 6.30. The van der Waals surface area contributed by atoms with Crippen molar-refractivity contribution >= 4 is 34.2 Å². The molecular formula is C15H15ClN6O2. The Morgan fingerprint density at radius 2 is 2.12 bits per heavy atom. The van der Waals surface area contributed by atoms with Crippen LogP contribution in [0.2, 0.25) is 5.02 Å². The molecule has 0 radical (unpaired) electrons. The van der Waals surface area contributed by atoms with Gasteiger partial charge in [-0.25, -0.2) is 0 Å². The first-order valence-corrected chi connectivity index (χ1v) is 7.73. The van der Waals surface area contributed by atoms with Crippen molar-refractivity contribution in [1.82, 2.24) is 24.8 Å². The normalized spacial score (nSPS) is 11.0. The molecule has 0 aliphatic heterocycles. The monoisotopic (exact) mass is 346 g/mol. The Morgan fingerprint density at radius 1 is 1.33 bits per heavy atom. The minimum absolute atomic E-state index is 0.248. The second kappa shape index (κ2) is 6.40. The molecule has 0 atom stereocenters. The molecule has 1 amide bonds. The zero-order valence-electron chi connectivity index (χ0n) is 13.2. The van der Waals surface area contributed by atoms with Gasteiger partial charge in [-0.2, -0.15) is 9.78 Å². The van der Waals surface area contributed by atoms with Crippen molar-refractivity contribution in [3.8, 4) is 0 Å². The number of hydrogen-bond acceptors (Lipinski definition) is 5. The van der Waals surface area contributed by atoms with Gasteiger partial charge >= 0.3 is 0 Å². The van der Waals surface area contributed by atoms with E-state index < -0.39 is 11.5 Å². The largest absolute Gasteiger partial charge is 0.324 e. The van der Waals surface area contributed by atoms with E-state index in [1.165, 1.54) is 0 Å². The summed E-state index contributed by atoms with van der Waals surface area (Å²) in [5.74, 6) is -0.396. The van der Waals surface area contributed by atoms with Crippen molar-refractivity contribution in [1.29, 1.82) is 0 Å². The minimum atomic E-state index is -0.399. The van der Waals surface area contributed by atoms with Crippen LogP contribution in [0.3, 0.4) is 0 Å². The Hall–Kier alpha value is -2.74. The quantitative estimate of drug-likeness (QED) is 0.774. The van der Waals surface area contributed by atoms with E-state index in [1.54, 1.807) is 35.9 Å². The molecule has 8 nitrogen and oxygen atoms in total. The van der Waals surface area contributed by atoms with E-state index in [9.17, 15) is 9.59 Å². The number of nitrogens with one attached hydrogen (secondary N) is 1. The Balaban J connectivity index is 1.89. The number of benzene rings is 1. The highest BCUT2D eigenvalue weighted by Gasteiger charge is 2.16. The zero-order valence-corrected chi connectivity index (χ0v) is 13.9. The van der Waals surface area contributed by atoms with E-state index in [2.05, 4.69) is 20.7 Å². The summed E-state index contributed by atoms with van der Waals surface area (Å²) < 4.78 is 2.59. The molecule has 1 aromatic carbocycles. The van der Waals surface area contributed by atoms with Gasteiger partial charge in [0, 0.05) is 17.3 Å². The molecule has 0 bridgehead atoms. The van der Waals surface area contributed by atoms with Crippen molar-refractivity contribution in [2.45, 2.75) is 26.9 Å². The molecule has 3 aromatic rings. The Labute approximate surface area is 142 Å². The van der Waals surface area contributed by atoms with Gasteiger partial charge in [0.25, 0.3) is 5.56 Å². The topological polar surface area (TPSA) is 94.7 Å². The summed E-state index contributed by atoms with van der Waals surface area (Å²) in [5, 5.41) is 15.3. The van der Waals surface area contributed by atoms with Gasteiger partial charge in [-0.05, 0) is 32.0 Å². The molecule has 24 heavy (non-hydrogen) atoms. The van der Waals surface area contributed by atoms with Gasteiger partial charge in [-0.15, -0.1) is 5.10 Å². The molecule has 2 aromatic heterocycles. The number of fused-ring (bicyclic) bond motifs is 1. The highest BCUT2D eigenvalue weighted by atomic mass is 35.5. The van der Waals surface area contributed by atoms with Crippen LogP contribution in [0.4, 0.5) is 5.69 Å². The lowest BCUT2D eigenvalue weighted by molar-refractivity contribution is -0.117. The first kappa shape index (κ1) is 16.1. The first-order chi connectivity index (χ1) is 11.5. The summed E-state index contributed by atoms with van der Waals surface area (Å²) >= 11 is 5.88. The third-order valence-electron chi connectivity index (χ3n) is 3.49. The Morgan fingerprint density at radius 3 is 2.83 bits per heavy atom. The third kappa shape index (κ3) is 3.00. The summed E-state index contributed by atoms with van der Waals surface area (Å²) in [6.07, 6.45) is 0. The number of hydrogen-bond donors (Lipinski definition) is 1. The van der Waals surface area contributed by atoms with Crippen LogP contribution in [0.5, 0.6) is 0 Å². The van der Waals surface area contributed by atoms with Gasteiger partial charge < -0.3 is 5.32 Å². The predicted molar refractivity (Wildman–Crippen MR) is 90.1 cm³/mol. The maximum Gasteiger partial charge on any atom is 0.296 e. The molecule has 0 aliphatic carbocycles. The van der Waals surface area contributed by atoms with E-state index >= 15 is 0 Å². The lowest BCUT2D eigenvalue weighted by Crippen LogP contribution is -2.31. The Kier molecular flexibility index (Phi) is 4.30. The molecule has 0 saturated carbocycles. The maximum atomic E-state index is 12.6. The minimum Gasteiger partial charge on any atom is -0.324 e. The molecule has 3 rings (SSSR count). The van der Waals surface area contributed by atoms with E-state index in [1.807, 2.05) is 6.92 Å². The van der Waals surface area contributed by atoms with Gasteiger partial charge in [0.15, 0.2) is 5.52 Å². The average Bonchev–Trinajstić information content (AvgIpc) is 2.87. The van der Waals surface area contributed by atoms with E-state index in [0.29, 0.717) is 34.0 Å². The molecule has 124 valence electrons. The van der Waals surface area contributed by atoms with Crippen LogP contribution in [0, 0.1) is 6.92 Å². The molecule has 0 saturated heterocycles. The maximum absolute atomic E-state index is 12.6. The van der Waals surface area contributed by atoms with Crippen molar-refractivity contribution in [2.24, 2.45) is 0 Å².